The molecule has 2 amide bonds. The number of carbonyl (C=O) groups excluding carboxylic acids is 2. The summed E-state index contributed by atoms with van der Waals surface area (Å²) in [5.41, 5.74) is 2.18. The molecule has 1 atom stereocenters. The molecule has 0 fully saturated rings. The predicted molar refractivity (Wildman–Crippen MR) is 120 cm³/mol. The number of nitrogens with one attached hydrogen (secondary N) is 1. The first-order valence-corrected chi connectivity index (χ1v) is 11.3. The van der Waals surface area contributed by atoms with Crippen molar-refractivity contribution in [3.63, 3.8) is 0 Å². The molecule has 150 valence electrons. The first kappa shape index (κ1) is 22.5. The van der Waals surface area contributed by atoms with Crippen LogP contribution < -0.4 is 5.32 Å². The zero-order valence-electron chi connectivity index (χ0n) is 16.5. The maximum Gasteiger partial charge on any atom is 0.242 e. The Hall–Kier alpha value is -1.79. The van der Waals surface area contributed by atoms with Crippen molar-refractivity contribution in [2.24, 2.45) is 0 Å². The van der Waals surface area contributed by atoms with Gasteiger partial charge in [0.05, 0.1) is 5.75 Å². The lowest BCUT2D eigenvalue weighted by Gasteiger charge is -2.29. The van der Waals surface area contributed by atoms with E-state index in [9.17, 15) is 9.59 Å². The van der Waals surface area contributed by atoms with Gasteiger partial charge in [-0.3, -0.25) is 9.59 Å². The van der Waals surface area contributed by atoms with Gasteiger partial charge in [-0.05, 0) is 44.0 Å². The Morgan fingerprint density at radius 1 is 1.00 bits per heavy atom. The maximum absolute atomic E-state index is 12.9. The van der Waals surface area contributed by atoms with Crippen LogP contribution in [0.1, 0.15) is 31.9 Å². The van der Waals surface area contributed by atoms with Crippen molar-refractivity contribution in [1.29, 1.82) is 0 Å². The quantitative estimate of drug-likeness (QED) is 0.590. The highest BCUT2D eigenvalue weighted by Gasteiger charge is 2.26. The minimum Gasteiger partial charge on any atom is -0.352 e. The lowest BCUT2D eigenvalue weighted by atomic mass is 10.1. The fraction of sp³-hybridized carbons (Fsp3) is 0.364. The minimum atomic E-state index is -0.525. The van der Waals surface area contributed by atoms with Gasteiger partial charge in [-0.2, -0.15) is 0 Å². The molecule has 2 aromatic carbocycles. The van der Waals surface area contributed by atoms with Gasteiger partial charge >= 0.3 is 0 Å². The zero-order valence-corrected chi connectivity index (χ0v) is 18.9. The Morgan fingerprint density at radius 3 is 2.25 bits per heavy atom. The molecule has 6 heteroatoms. The highest BCUT2D eigenvalue weighted by atomic mass is 79.9. The number of hydrogen-bond acceptors (Lipinski definition) is 3. The molecule has 0 saturated carbocycles. The number of thioether (sulfide) groups is 1. The average molecular weight is 463 g/mol. The van der Waals surface area contributed by atoms with Gasteiger partial charge in [-0.15, -0.1) is 11.8 Å². The highest BCUT2D eigenvalue weighted by molar-refractivity contribution is 9.10. The Morgan fingerprint density at radius 2 is 1.64 bits per heavy atom. The molecule has 1 N–H and O–H groups in total. The van der Waals surface area contributed by atoms with Crippen LogP contribution in [-0.4, -0.2) is 34.6 Å². The monoisotopic (exact) mass is 462 g/mol. The molecule has 0 unspecified atom stereocenters. The summed E-state index contributed by atoms with van der Waals surface area (Å²) < 4.78 is 1.04. The Kier molecular flexibility index (Phi) is 9.06. The number of hydrogen-bond donors (Lipinski definition) is 1. The third-order valence-electron chi connectivity index (χ3n) is 4.20. The molecule has 28 heavy (non-hydrogen) atoms. The van der Waals surface area contributed by atoms with Gasteiger partial charge in [0, 0.05) is 22.8 Å². The van der Waals surface area contributed by atoms with Crippen LogP contribution >= 0.6 is 27.7 Å². The summed E-state index contributed by atoms with van der Waals surface area (Å²) in [6.07, 6.45) is 0. The predicted octanol–water partition coefficient (Wildman–Crippen LogP) is 4.62. The smallest absolute Gasteiger partial charge is 0.242 e. The van der Waals surface area contributed by atoms with Gasteiger partial charge < -0.3 is 10.2 Å². The van der Waals surface area contributed by atoms with Crippen LogP contribution in [0.2, 0.25) is 0 Å². The number of carbonyl (C=O) groups is 2. The molecule has 2 aromatic rings. The lowest BCUT2D eigenvalue weighted by Crippen LogP contribution is -2.49. The number of halogens is 1. The summed E-state index contributed by atoms with van der Waals surface area (Å²) in [6, 6.07) is 17.4. The number of rotatable bonds is 9. The Bertz CT molecular complexity index is 766. The zero-order chi connectivity index (χ0) is 20.5. The van der Waals surface area contributed by atoms with Gasteiger partial charge in [0.2, 0.25) is 11.8 Å². The van der Waals surface area contributed by atoms with Crippen LogP contribution in [0.5, 0.6) is 0 Å². The summed E-state index contributed by atoms with van der Waals surface area (Å²) in [6.45, 7) is 6.05. The Balaban J connectivity index is 2.02. The van der Waals surface area contributed by atoms with Gasteiger partial charge in [-0.25, -0.2) is 0 Å². The van der Waals surface area contributed by atoms with E-state index in [-0.39, 0.29) is 17.9 Å². The lowest BCUT2D eigenvalue weighted by molar-refractivity contribution is -0.138. The SMILES string of the molecule is CC(C)NC(=O)[C@H](C)N(Cc1ccccc1)C(=O)CSCc1ccc(Br)cc1. The van der Waals surface area contributed by atoms with E-state index in [1.54, 1.807) is 23.6 Å². The van der Waals surface area contributed by atoms with E-state index >= 15 is 0 Å². The van der Waals surface area contributed by atoms with Gasteiger partial charge in [0.1, 0.15) is 6.04 Å². The summed E-state index contributed by atoms with van der Waals surface area (Å²) >= 11 is 4.99. The number of benzene rings is 2. The van der Waals surface area contributed by atoms with E-state index < -0.39 is 6.04 Å². The maximum atomic E-state index is 12.9. The molecule has 4 nitrogen and oxygen atoms in total. The van der Waals surface area contributed by atoms with Crippen molar-refractivity contribution in [3.8, 4) is 0 Å². The second kappa shape index (κ2) is 11.3. The van der Waals surface area contributed by atoms with Crippen LogP contribution in [0.4, 0.5) is 0 Å². The van der Waals surface area contributed by atoms with E-state index in [2.05, 4.69) is 21.2 Å². The summed E-state index contributed by atoms with van der Waals surface area (Å²) in [5.74, 6) is 0.932. The molecule has 0 radical (unpaired) electrons. The fourth-order valence-corrected chi connectivity index (χ4v) is 3.82. The molecule has 0 bridgehead atoms. The van der Waals surface area contributed by atoms with Crippen LogP contribution in [-0.2, 0) is 21.9 Å². The molecule has 2 rings (SSSR count). The van der Waals surface area contributed by atoms with E-state index in [0.717, 1.165) is 15.8 Å². The number of amides is 2. The van der Waals surface area contributed by atoms with Crippen molar-refractivity contribution >= 4 is 39.5 Å². The largest absolute Gasteiger partial charge is 0.352 e. The summed E-state index contributed by atoms with van der Waals surface area (Å²) in [5, 5.41) is 2.91. The van der Waals surface area contributed by atoms with Crippen molar-refractivity contribution in [2.75, 3.05) is 5.75 Å². The third kappa shape index (κ3) is 7.32. The molecule has 0 aliphatic rings. The molecule has 0 saturated heterocycles. The molecule has 0 aliphatic heterocycles. The molecular weight excluding hydrogens is 436 g/mol. The third-order valence-corrected chi connectivity index (χ3v) is 5.72. The van der Waals surface area contributed by atoms with Crippen molar-refractivity contribution < 1.29 is 9.59 Å². The van der Waals surface area contributed by atoms with E-state index in [4.69, 9.17) is 0 Å². The van der Waals surface area contributed by atoms with E-state index in [0.29, 0.717) is 12.3 Å². The summed E-state index contributed by atoms with van der Waals surface area (Å²) in [4.78, 5) is 27.1. The molecular formula is C22H27BrN2O2S. The molecule has 0 heterocycles. The van der Waals surface area contributed by atoms with Crippen LogP contribution in [0.3, 0.4) is 0 Å². The van der Waals surface area contributed by atoms with Crippen molar-refractivity contribution in [2.45, 2.75) is 45.2 Å². The fourth-order valence-electron chi connectivity index (χ4n) is 2.69. The van der Waals surface area contributed by atoms with Gasteiger partial charge in [0.15, 0.2) is 0 Å². The molecule has 0 aromatic heterocycles. The standard InChI is InChI=1S/C22H27BrN2O2S/c1-16(2)24-22(27)17(3)25(13-18-7-5-4-6-8-18)21(26)15-28-14-19-9-11-20(23)12-10-19/h4-12,16-17H,13-15H2,1-3H3,(H,24,27)/t17-/m0/s1. The van der Waals surface area contributed by atoms with Crippen LogP contribution in [0.15, 0.2) is 59.1 Å². The van der Waals surface area contributed by atoms with E-state index in [1.165, 1.54) is 5.56 Å². The Labute approximate surface area is 180 Å². The van der Waals surface area contributed by atoms with E-state index in [1.807, 2.05) is 68.4 Å². The second-order valence-electron chi connectivity index (χ2n) is 6.97. The van der Waals surface area contributed by atoms with Gasteiger partial charge in [-0.1, -0.05) is 58.4 Å². The average Bonchev–Trinajstić information content (AvgIpc) is 2.67. The first-order valence-electron chi connectivity index (χ1n) is 9.32. The minimum absolute atomic E-state index is 0.0302. The normalized spacial score (nSPS) is 11.9. The summed E-state index contributed by atoms with van der Waals surface area (Å²) in [7, 11) is 0. The topological polar surface area (TPSA) is 49.4 Å². The second-order valence-corrected chi connectivity index (χ2v) is 8.87. The molecule has 0 aliphatic carbocycles. The van der Waals surface area contributed by atoms with Gasteiger partial charge in [0.25, 0.3) is 0 Å². The first-order chi connectivity index (χ1) is 13.4. The van der Waals surface area contributed by atoms with Crippen LogP contribution in [0.25, 0.3) is 0 Å². The molecule has 0 spiro atoms. The highest BCUT2D eigenvalue weighted by Crippen LogP contribution is 2.18. The van der Waals surface area contributed by atoms with Crippen LogP contribution in [0, 0.1) is 0 Å². The van der Waals surface area contributed by atoms with Crippen molar-refractivity contribution in [3.05, 3.63) is 70.2 Å². The number of nitrogens with zero attached hydrogens (tertiary/aromatic N) is 1. The van der Waals surface area contributed by atoms with Crippen molar-refractivity contribution in [1.82, 2.24) is 10.2 Å².